The Balaban J connectivity index is 1.73. The Morgan fingerprint density at radius 3 is 2.59 bits per heavy atom. The molecule has 0 aromatic heterocycles. The third-order valence-corrected chi connectivity index (χ3v) is 5.05. The molecule has 1 unspecified atom stereocenters. The fourth-order valence-corrected chi connectivity index (χ4v) is 3.80. The van der Waals surface area contributed by atoms with E-state index in [-0.39, 0.29) is 5.91 Å². The molecule has 0 radical (unpaired) electrons. The Morgan fingerprint density at radius 2 is 1.95 bits per heavy atom. The van der Waals surface area contributed by atoms with Gasteiger partial charge >= 0.3 is 5.97 Å². The lowest BCUT2D eigenvalue weighted by molar-refractivity contribution is -0.143. The highest BCUT2D eigenvalue weighted by Gasteiger charge is 2.41. The number of hydrogen-bond acceptors (Lipinski definition) is 3. The molecular weight excluding hydrogens is 280 g/mol. The van der Waals surface area contributed by atoms with E-state index in [0.29, 0.717) is 18.2 Å². The molecule has 2 fully saturated rings. The van der Waals surface area contributed by atoms with Gasteiger partial charge < -0.3 is 10.0 Å². The smallest absolute Gasteiger partial charge is 0.325 e. The Morgan fingerprint density at radius 1 is 1.23 bits per heavy atom. The van der Waals surface area contributed by atoms with Crippen LogP contribution >= 0.6 is 0 Å². The second-order valence-electron chi connectivity index (χ2n) is 6.52. The second kappa shape index (κ2) is 5.09. The van der Waals surface area contributed by atoms with Crippen LogP contribution in [0.1, 0.15) is 53.2 Å². The molecule has 4 rings (SSSR count). The first-order valence-electron chi connectivity index (χ1n) is 8.06. The van der Waals surface area contributed by atoms with E-state index in [9.17, 15) is 14.7 Å². The zero-order chi connectivity index (χ0) is 15.3. The van der Waals surface area contributed by atoms with E-state index < -0.39 is 12.0 Å². The monoisotopic (exact) mass is 300 g/mol. The molecular formula is C17H20N2O3. The van der Waals surface area contributed by atoms with E-state index in [1.54, 1.807) is 0 Å². The number of carbonyl (C=O) groups excluding carboxylic acids is 1. The summed E-state index contributed by atoms with van der Waals surface area (Å²) in [5.74, 6) is -0.738. The molecule has 22 heavy (non-hydrogen) atoms. The summed E-state index contributed by atoms with van der Waals surface area (Å²) in [6.45, 7) is 2.22. The lowest BCUT2D eigenvalue weighted by Crippen LogP contribution is -2.32. The van der Waals surface area contributed by atoms with Gasteiger partial charge in [0.1, 0.15) is 6.04 Å². The number of hydrogen-bond donors (Lipinski definition) is 1. The molecule has 1 saturated heterocycles. The predicted molar refractivity (Wildman–Crippen MR) is 80.5 cm³/mol. The van der Waals surface area contributed by atoms with E-state index >= 15 is 0 Å². The number of carboxylic acids is 1. The average molecular weight is 300 g/mol. The van der Waals surface area contributed by atoms with Crippen molar-refractivity contribution >= 4 is 11.9 Å². The van der Waals surface area contributed by atoms with Gasteiger partial charge in [0, 0.05) is 18.2 Å². The van der Waals surface area contributed by atoms with Crippen molar-refractivity contribution in [2.45, 2.75) is 44.3 Å². The van der Waals surface area contributed by atoms with Gasteiger partial charge in [-0.3, -0.25) is 14.5 Å². The topological polar surface area (TPSA) is 60.9 Å². The van der Waals surface area contributed by atoms with Crippen LogP contribution in [0.5, 0.6) is 0 Å². The van der Waals surface area contributed by atoms with Crippen LogP contribution < -0.4 is 0 Å². The fourth-order valence-electron chi connectivity index (χ4n) is 3.80. The highest BCUT2D eigenvalue weighted by molar-refractivity contribution is 5.99. The third-order valence-electron chi connectivity index (χ3n) is 5.05. The minimum absolute atomic E-state index is 0.0740. The van der Waals surface area contributed by atoms with Gasteiger partial charge in [0.25, 0.3) is 5.91 Å². The largest absolute Gasteiger partial charge is 0.480 e. The zero-order valence-corrected chi connectivity index (χ0v) is 12.5. The molecule has 1 aliphatic carbocycles. The van der Waals surface area contributed by atoms with Gasteiger partial charge in [0.15, 0.2) is 0 Å². The quantitative estimate of drug-likeness (QED) is 0.924. The Hall–Kier alpha value is -1.88. The summed E-state index contributed by atoms with van der Waals surface area (Å²) < 4.78 is 0. The van der Waals surface area contributed by atoms with Crippen LogP contribution in [0.2, 0.25) is 0 Å². The van der Waals surface area contributed by atoms with Crippen molar-refractivity contribution < 1.29 is 14.7 Å². The van der Waals surface area contributed by atoms with Gasteiger partial charge in [0.2, 0.25) is 0 Å². The minimum atomic E-state index is -0.812. The molecule has 1 amide bonds. The van der Waals surface area contributed by atoms with Crippen LogP contribution in [0, 0.1) is 0 Å². The highest BCUT2D eigenvalue weighted by Crippen LogP contribution is 2.38. The van der Waals surface area contributed by atoms with Gasteiger partial charge in [-0.2, -0.15) is 0 Å². The molecule has 2 aliphatic heterocycles. The summed E-state index contributed by atoms with van der Waals surface area (Å²) in [5, 5.41) is 9.73. The average Bonchev–Trinajstić information content (AvgIpc) is 3.09. The normalized spacial score (nSPS) is 22.9. The van der Waals surface area contributed by atoms with Crippen LogP contribution in [0.15, 0.2) is 18.2 Å². The molecule has 5 nitrogen and oxygen atoms in total. The first-order chi connectivity index (χ1) is 10.7. The molecule has 2 heterocycles. The van der Waals surface area contributed by atoms with Crippen molar-refractivity contribution in [1.29, 1.82) is 0 Å². The van der Waals surface area contributed by atoms with Crippen molar-refractivity contribution in [1.82, 2.24) is 9.80 Å². The van der Waals surface area contributed by atoms with Crippen molar-refractivity contribution in [2.75, 3.05) is 13.1 Å². The number of benzene rings is 1. The second-order valence-corrected chi connectivity index (χ2v) is 6.52. The van der Waals surface area contributed by atoms with Crippen molar-refractivity contribution in [3.8, 4) is 0 Å². The van der Waals surface area contributed by atoms with E-state index in [1.165, 1.54) is 0 Å². The van der Waals surface area contributed by atoms with Crippen LogP contribution in [-0.2, 0) is 11.3 Å². The molecule has 116 valence electrons. The maximum Gasteiger partial charge on any atom is 0.325 e. The summed E-state index contributed by atoms with van der Waals surface area (Å²) >= 11 is 0. The number of fused-ring (bicyclic) bond motifs is 1. The van der Waals surface area contributed by atoms with E-state index in [1.807, 2.05) is 28.0 Å². The standard InChI is InChI=1S/C17H20N2O3/c20-16-13-5-3-4-12(14(13)10-19(16)11-6-7-11)15(17(21)22)18-8-1-2-9-18/h3-5,11,15H,1-2,6-10H2,(H,21,22). The summed E-state index contributed by atoms with van der Waals surface area (Å²) in [6.07, 6.45) is 4.24. The van der Waals surface area contributed by atoms with E-state index in [4.69, 9.17) is 0 Å². The summed E-state index contributed by atoms with van der Waals surface area (Å²) in [5.41, 5.74) is 2.44. The SMILES string of the molecule is O=C(O)C(c1cccc2c1CN(C1CC1)C2=O)N1CCCC1. The van der Waals surface area contributed by atoms with E-state index in [2.05, 4.69) is 0 Å². The van der Waals surface area contributed by atoms with Crippen LogP contribution in [0.4, 0.5) is 0 Å². The van der Waals surface area contributed by atoms with Crippen molar-refractivity contribution in [3.05, 3.63) is 34.9 Å². The fraction of sp³-hybridized carbons (Fsp3) is 0.529. The van der Waals surface area contributed by atoms with E-state index in [0.717, 1.165) is 49.9 Å². The lowest BCUT2D eigenvalue weighted by Gasteiger charge is -2.25. The number of rotatable bonds is 4. The number of aliphatic carboxylic acids is 1. The number of carbonyl (C=O) groups is 2. The number of nitrogens with zero attached hydrogens (tertiary/aromatic N) is 2. The molecule has 1 aromatic rings. The zero-order valence-electron chi connectivity index (χ0n) is 12.5. The predicted octanol–water partition coefficient (Wildman–Crippen LogP) is 2.03. The molecule has 1 N–H and O–H groups in total. The third kappa shape index (κ3) is 2.11. The molecule has 1 saturated carbocycles. The number of carboxylic acid groups (broad SMARTS) is 1. The minimum Gasteiger partial charge on any atom is -0.480 e. The van der Waals surface area contributed by atoms with Gasteiger partial charge in [0.05, 0.1) is 0 Å². The number of amides is 1. The Kier molecular flexibility index (Phi) is 3.18. The van der Waals surface area contributed by atoms with Gasteiger partial charge in [-0.15, -0.1) is 0 Å². The maximum absolute atomic E-state index is 12.5. The molecule has 3 aliphatic rings. The summed E-state index contributed by atoms with van der Waals surface area (Å²) in [4.78, 5) is 28.3. The molecule has 0 bridgehead atoms. The number of likely N-dealkylation sites (tertiary alicyclic amines) is 1. The van der Waals surface area contributed by atoms with Gasteiger partial charge in [-0.25, -0.2) is 0 Å². The van der Waals surface area contributed by atoms with Crippen molar-refractivity contribution in [2.24, 2.45) is 0 Å². The summed E-state index contributed by atoms with van der Waals surface area (Å²) in [6, 6.07) is 5.30. The molecule has 1 atom stereocenters. The first-order valence-corrected chi connectivity index (χ1v) is 8.06. The Labute approximate surface area is 129 Å². The molecule has 1 aromatic carbocycles. The molecule has 0 spiro atoms. The first kappa shape index (κ1) is 13.8. The molecule has 5 heteroatoms. The van der Waals surface area contributed by atoms with Crippen LogP contribution in [0.25, 0.3) is 0 Å². The van der Waals surface area contributed by atoms with Crippen LogP contribution in [0.3, 0.4) is 0 Å². The van der Waals surface area contributed by atoms with Crippen LogP contribution in [-0.4, -0.2) is 45.9 Å². The highest BCUT2D eigenvalue weighted by atomic mass is 16.4. The Bertz CT molecular complexity index is 633. The lowest BCUT2D eigenvalue weighted by atomic mass is 9.96. The maximum atomic E-state index is 12.5. The van der Waals surface area contributed by atoms with Gasteiger partial charge in [-0.1, -0.05) is 12.1 Å². The summed E-state index contributed by atoms with van der Waals surface area (Å²) in [7, 11) is 0. The van der Waals surface area contributed by atoms with Crippen molar-refractivity contribution in [3.63, 3.8) is 0 Å². The van der Waals surface area contributed by atoms with Gasteiger partial charge in [-0.05, 0) is 56.0 Å².